The van der Waals surface area contributed by atoms with E-state index >= 15 is 0 Å². The average Bonchev–Trinajstić information content (AvgIpc) is 2.98. The third kappa shape index (κ3) is 2.57. The van der Waals surface area contributed by atoms with Crippen LogP contribution in [0.2, 0.25) is 0 Å². The van der Waals surface area contributed by atoms with Crippen LogP contribution in [0.25, 0.3) is 0 Å². The largest absolute Gasteiger partial charge is 0.379 e. The molecule has 3 rings (SSSR count). The Labute approximate surface area is 123 Å². The topological polar surface area (TPSA) is 15.7 Å². The summed E-state index contributed by atoms with van der Waals surface area (Å²) in [6, 6.07) is 3.01. The Morgan fingerprint density at radius 1 is 1.21 bits per heavy atom. The van der Waals surface area contributed by atoms with E-state index in [1.54, 1.807) is 0 Å². The summed E-state index contributed by atoms with van der Waals surface area (Å²) < 4.78 is 5.50. The zero-order valence-electron chi connectivity index (χ0n) is 12.3. The Kier molecular flexibility index (Phi) is 4.42. The summed E-state index contributed by atoms with van der Waals surface area (Å²) in [4.78, 5) is 5.43. The van der Waals surface area contributed by atoms with Crippen LogP contribution in [0.15, 0.2) is 0 Å². The molecule has 0 spiro atoms. The van der Waals surface area contributed by atoms with Gasteiger partial charge in [-0.3, -0.25) is 9.80 Å². The Morgan fingerprint density at radius 2 is 1.95 bits per heavy atom. The van der Waals surface area contributed by atoms with E-state index in [4.69, 9.17) is 4.74 Å². The normalized spacial score (nSPS) is 38.2. The molecule has 0 N–H and O–H groups in total. The zero-order valence-corrected chi connectivity index (χ0v) is 13.2. The molecule has 3 nitrogen and oxygen atoms in total. The number of hydrogen-bond donors (Lipinski definition) is 1. The number of fused-ring (bicyclic) bond motifs is 2. The van der Waals surface area contributed by atoms with Gasteiger partial charge in [0.25, 0.3) is 0 Å². The van der Waals surface area contributed by atoms with E-state index in [2.05, 4.69) is 36.3 Å². The summed E-state index contributed by atoms with van der Waals surface area (Å²) in [6.07, 6.45) is 4.22. The molecule has 3 heterocycles. The summed E-state index contributed by atoms with van der Waals surface area (Å²) in [5.74, 6) is 1.83. The predicted octanol–water partition coefficient (Wildman–Crippen LogP) is 1.88. The molecule has 4 unspecified atom stereocenters. The van der Waals surface area contributed by atoms with Gasteiger partial charge in [-0.2, -0.15) is 12.6 Å². The Morgan fingerprint density at radius 3 is 2.53 bits per heavy atom. The smallest absolute Gasteiger partial charge is 0.0594 e. The fraction of sp³-hybridized carbons (Fsp3) is 1.00. The SMILES string of the molecule is CC(C)N1C2CCC1C(C(CS)N1CCOCC1)C2. The highest BCUT2D eigenvalue weighted by molar-refractivity contribution is 7.80. The molecule has 4 atom stereocenters. The number of hydrogen-bond acceptors (Lipinski definition) is 4. The zero-order chi connectivity index (χ0) is 13.4. The lowest BCUT2D eigenvalue weighted by molar-refractivity contribution is 0.00330. The van der Waals surface area contributed by atoms with Crippen LogP contribution < -0.4 is 0 Å². The Balaban J connectivity index is 1.71. The van der Waals surface area contributed by atoms with Crippen molar-refractivity contribution in [3.8, 4) is 0 Å². The molecule has 19 heavy (non-hydrogen) atoms. The van der Waals surface area contributed by atoms with Crippen molar-refractivity contribution in [2.24, 2.45) is 5.92 Å². The van der Waals surface area contributed by atoms with Crippen molar-refractivity contribution in [3.63, 3.8) is 0 Å². The summed E-state index contributed by atoms with van der Waals surface area (Å²) in [5.41, 5.74) is 0. The molecule has 2 bridgehead atoms. The van der Waals surface area contributed by atoms with Crippen LogP contribution in [0.5, 0.6) is 0 Å². The van der Waals surface area contributed by atoms with Gasteiger partial charge in [0.05, 0.1) is 13.2 Å². The minimum Gasteiger partial charge on any atom is -0.379 e. The van der Waals surface area contributed by atoms with Crippen molar-refractivity contribution in [1.82, 2.24) is 9.80 Å². The van der Waals surface area contributed by atoms with E-state index in [1.807, 2.05) is 0 Å². The molecule has 0 aromatic carbocycles. The van der Waals surface area contributed by atoms with Crippen LogP contribution in [-0.2, 0) is 4.74 Å². The molecule has 0 aliphatic carbocycles. The van der Waals surface area contributed by atoms with Crippen molar-refractivity contribution in [2.75, 3.05) is 32.1 Å². The predicted molar refractivity (Wildman–Crippen MR) is 81.9 cm³/mol. The highest BCUT2D eigenvalue weighted by Crippen LogP contribution is 2.45. The van der Waals surface area contributed by atoms with Gasteiger partial charge in [0.2, 0.25) is 0 Å². The number of nitrogens with zero attached hydrogens (tertiary/aromatic N) is 2. The van der Waals surface area contributed by atoms with E-state index in [0.29, 0.717) is 12.1 Å². The van der Waals surface area contributed by atoms with E-state index in [9.17, 15) is 0 Å². The van der Waals surface area contributed by atoms with Crippen LogP contribution in [-0.4, -0.2) is 66.0 Å². The molecule has 3 aliphatic rings. The lowest BCUT2D eigenvalue weighted by Gasteiger charge is -2.40. The summed E-state index contributed by atoms with van der Waals surface area (Å²) >= 11 is 4.68. The number of morpholine rings is 1. The van der Waals surface area contributed by atoms with E-state index in [0.717, 1.165) is 50.1 Å². The van der Waals surface area contributed by atoms with Crippen molar-refractivity contribution >= 4 is 12.6 Å². The third-order valence-corrected chi connectivity index (χ3v) is 5.81. The molecule has 4 heteroatoms. The monoisotopic (exact) mass is 284 g/mol. The van der Waals surface area contributed by atoms with Gasteiger partial charge >= 0.3 is 0 Å². The fourth-order valence-electron chi connectivity index (χ4n) is 4.73. The highest BCUT2D eigenvalue weighted by Gasteiger charge is 2.50. The lowest BCUT2D eigenvalue weighted by atomic mass is 9.83. The summed E-state index contributed by atoms with van der Waals surface area (Å²) in [5, 5.41) is 0. The molecular weight excluding hydrogens is 256 g/mol. The van der Waals surface area contributed by atoms with Crippen molar-refractivity contribution in [3.05, 3.63) is 0 Å². The van der Waals surface area contributed by atoms with Crippen LogP contribution in [0.1, 0.15) is 33.1 Å². The van der Waals surface area contributed by atoms with Gasteiger partial charge in [0.1, 0.15) is 0 Å². The minimum absolute atomic E-state index is 0.656. The highest BCUT2D eigenvalue weighted by atomic mass is 32.1. The molecule has 0 saturated carbocycles. The van der Waals surface area contributed by atoms with Crippen molar-refractivity contribution < 1.29 is 4.74 Å². The van der Waals surface area contributed by atoms with Gasteiger partial charge in [-0.1, -0.05) is 0 Å². The molecule has 0 amide bonds. The fourth-order valence-corrected chi connectivity index (χ4v) is 5.23. The lowest BCUT2D eigenvalue weighted by Crippen LogP contribution is -2.51. The van der Waals surface area contributed by atoms with Gasteiger partial charge < -0.3 is 4.74 Å². The van der Waals surface area contributed by atoms with E-state index in [1.165, 1.54) is 19.3 Å². The average molecular weight is 284 g/mol. The van der Waals surface area contributed by atoms with Crippen LogP contribution in [0.3, 0.4) is 0 Å². The molecule has 0 aromatic heterocycles. The van der Waals surface area contributed by atoms with Crippen LogP contribution >= 0.6 is 12.6 Å². The quantitative estimate of drug-likeness (QED) is 0.794. The van der Waals surface area contributed by atoms with E-state index in [-0.39, 0.29) is 0 Å². The van der Waals surface area contributed by atoms with Crippen molar-refractivity contribution in [2.45, 2.75) is 57.3 Å². The minimum atomic E-state index is 0.656. The maximum absolute atomic E-state index is 5.50. The van der Waals surface area contributed by atoms with Crippen LogP contribution in [0.4, 0.5) is 0 Å². The molecule has 0 aromatic rings. The summed E-state index contributed by atoms with van der Waals surface area (Å²) in [7, 11) is 0. The van der Waals surface area contributed by atoms with Crippen molar-refractivity contribution in [1.29, 1.82) is 0 Å². The first-order valence-electron chi connectivity index (χ1n) is 7.92. The van der Waals surface area contributed by atoms with Gasteiger partial charge in [-0.25, -0.2) is 0 Å². The number of ether oxygens (including phenoxy) is 1. The molecule has 3 aliphatic heterocycles. The second-order valence-corrected chi connectivity index (χ2v) is 7.00. The van der Waals surface area contributed by atoms with Crippen LogP contribution in [0, 0.1) is 5.92 Å². The first kappa shape index (κ1) is 14.2. The van der Waals surface area contributed by atoms with Gasteiger partial charge in [0, 0.05) is 43.0 Å². The van der Waals surface area contributed by atoms with Gasteiger partial charge in [0.15, 0.2) is 0 Å². The molecule has 110 valence electrons. The number of thiol groups is 1. The standard InChI is InChI=1S/C15H28N2OS/c1-11(2)17-12-3-4-14(17)13(9-12)15(10-19)16-5-7-18-8-6-16/h11-15,19H,3-10H2,1-2H3. The third-order valence-electron chi connectivity index (χ3n) is 5.43. The second-order valence-electron chi connectivity index (χ2n) is 6.64. The first-order chi connectivity index (χ1) is 9.22. The van der Waals surface area contributed by atoms with Gasteiger partial charge in [-0.15, -0.1) is 0 Å². The maximum Gasteiger partial charge on any atom is 0.0594 e. The number of rotatable bonds is 4. The summed E-state index contributed by atoms with van der Waals surface area (Å²) in [6.45, 7) is 8.72. The van der Waals surface area contributed by atoms with E-state index < -0.39 is 0 Å². The molecule has 3 saturated heterocycles. The Hall–Kier alpha value is 0.230. The van der Waals surface area contributed by atoms with Gasteiger partial charge in [-0.05, 0) is 39.0 Å². The molecular formula is C15H28N2OS. The first-order valence-corrected chi connectivity index (χ1v) is 8.55. The second kappa shape index (κ2) is 5.92. The maximum atomic E-state index is 5.50. The Bertz CT molecular complexity index is 307. The molecule has 3 fully saturated rings. The molecule has 0 radical (unpaired) electrons.